The number of esters is 1. The van der Waals surface area contributed by atoms with Gasteiger partial charge in [0.2, 0.25) is 5.91 Å². The van der Waals surface area contributed by atoms with Crippen LogP contribution in [0, 0.1) is 18.8 Å². The number of aryl methyl sites for hydroxylation is 1. The minimum absolute atomic E-state index is 0.0727. The van der Waals surface area contributed by atoms with Gasteiger partial charge in [-0.25, -0.2) is 9.78 Å². The number of carbonyl (C=O) groups excluding carboxylic acids is 2. The zero-order valence-corrected chi connectivity index (χ0v) is 12.0. The van der Waals surface area contributed by atoms with Crippen molar-refractivity contribution < 1.29 is 14.3 Å². The SMILES string of the molecule is CCOC(=O)c1sc(C#CCCNC(C)=O)nc1C. The minimum Gasteiger partial charge on any atom is -0.462 e. The third kappa shape index (κ3) is 5.10. The quantitative estimate of drug-likeness (QED) is 0.515. The van der Waals surface area contributed by atoms with Gasteiger partial charge in [0.25, 0.3) is 0 Å². The Morgan fingerprint density at radius 1 is 1.47 bits per heavy atom. The van der Waals surface area contributed by atoms with Gasteiger partial charge in [0.15, 0.2) is 5.01 Å². The predicted octanol–water partition coefficient (Wildman–Crippen LogP) is 1.51. The van der Waals surface area contributed by atoms with Crippen LogP contribution in [0.25, 0.3) is 0 Å². The molecular formula is C13H16N2O3S. The molecule has 0 aromatic carbocycles. The number of nitrogens with one attached hydrogen (secondary N) is 1. The number of aromatic nitrogens is 1. The molecule has 0 radical (unpaired) electrons. The molecule has 5 nitrogen and oxygen atoms in total. The third-order valence-electron chi connectivity index (χ3n) is 2.08. The molecule has 0 atom stereocenters. The number of hydrogen-bond donors (Lipinski definition) is 1. The number of carbonyl (C=O) groups is 2. The van der Waals surface area contributed by atoms with Crippen LogP contribution in [-0.2, 0) is 9.53 Å². The smallest absolute Gasteiger partial charge is 0.350 e. The lowest BCUT2D eigenvalue weighted by atomic mass is 10.4. The first-order valence-electron chi connectivity index (χ1n) is 5.92. The molecule has 0 saturated heterocycles. The van der Waals surface area contributed by atoms with Gasteiger partial charge < -0.3 is 10.1 Å². The summed E-state index contributed by atoms with van der Waals surface area (Å²) in [6.07, 6.45) is 0.549. The van der Waals surface area contributed by atoms with Crippen LogP contribution in [0.3, 0.4) is 0 Å². The van der Waals surface area contributed by atoms with E-state index in [0.29, 0.717) is 35.2 Å². The van der Waals surface area contributed by atoms with Gasteiger partial charge in [-0.05, 0) is 19.8 Å². The Balaban J connectivity index is 2.61. The van der Waals surface area contributed by atoms with Crippen molar-refractivity contribution in [3.63, 3.8) is 0 Å². The Labute approximate surface area is 116 Å². The zero-order chi connectivity index (χ0) is 14.3. The summed E-state index contributed by atoms with van der Waals surface area (Å²) in [7, 11) is 0. The van der Waals surface area contributed by atoms with Crippen molar-refractivity contribution in [2.45, 2.75) is 27.2 Å². The van der Waals surface area contributed by atoms with Crippen LogP contribution in [0.15, 0.2) is 0 Å². The summed E-state index contributed by atoms with van der Waals surface area (Å²) in [6.45, 7) is 5.83. The van der Waals surface area contributed by atoms with E-state index in [2.05, 4.69) is 22.1 Å². The standard InChI is InChI=1S/C13H16N2O3S/c1-4-18-13(17)12-9(2)15-11(19-12)7-5-6-8-14-10(3)16/h4,6,8H2,1-3H3,(H,14,16). The van der Waals surface area contributed by atoms with E-state index < -0.39 is 0 Å². The second-order valence-corrected chi connectivity index (χ2v) is 4.69. The lowest BCUT2D eigenvalue weighted by Gasteiger charge is -1.97. The number of thiazole rings is 1. The first kappa shape index (κ1) is 15.2. The van der Waals surface area contributed by atoms with Crippen LogP contribution >= 0.6 is 11.3 Å². The maximum Gasteiger partial charge on any atom is 0.350 e. The average molecular weight is 280 g/mol. The second-order valence-electron chi connectivity index (χ2n) is 3.69. The van der Waals surface area contributed by atoms with Gasteiger partial charge in [0, 0.05) is 19.9 Å². The number of ether oxygens (including phenoxy) is 1. The molecular weight excluding hydrogens is 264 g/mol. The van der Waals surface area contributed by atoms with E-state index >= 15 is 0 Å². The van der Waals surface area contributed by atoms with Gasteiger partial charge in [-0.3, -0.25) is 4.79 Å². The first-order valence-corrected chi connectivity index (χ1v) is 6.74. The zero-order valence-electron chi connectivity index (χ0n) is 11.2. The molecule has 1 heterocycles. The Kier molecular flexibility index (Phi) is 6.03. The summed E-state index contributed by atoms with van der Waals surface area (Å²) in [4.78, 5) is 26.9. The average Bonchev–Trinajstić information content (AvgIpc) is 2.70. The van der Waals surface area contributed by atoms with Crippen molar-refractivity contribution in [2.75, 3.05) is 13.2 Å². The molecule has 0 unspecified atom stereocenters. The van der Waals surface area contributed by atoms with Gasteiger partial charge in [-0.2, -0.15) is 0 Å². The van der Waals surface area contributed by atoms with Crippen molar-refractivity contribution in [2.24, 2.45) is 0 Å². The Morgan fingerprint density at radius 3 is 2.84 bits per heavy atom. The summed E-state index contributed by atoms with van der Waals surface area (Å²) in [6, 6.07) is 0. The maximum atomic E-state index is 11.6. The fraction of sp³-hybridized carbons (Fsp3) is 0.462. The lowest BCUT2D eigenvalue weighted by molar-refractivity contribution is -0.118. The Hall–Kier alpha value is -1.87. The molecule has 0 bridgehead atoms. The topological polar surface area (TPSA) is 68.3 Å². The normalized spacial score (nSPS) is 9.42. The van der Waals surface area contributed by atoms with E-state index in [1.807, 2.05) is 0 Å². The molecule has 6 heteroatoms. The van der Waals surface area contributed by atoms with E-state index in [-0.39, 0.29) is 11.9 Å². The fourth-order valence-electron chi connectivity index (χ4n) is 1.28. The van der Waals surface area contributed by atoms with Crippen LogP contribution in [0.2, 0.25) is 0 Å². The lowest BCUT2D eigenvalue weighted by Crippen LogP contribution is -2.20. The van der Waals surface area contributed by atoms with Crippen LogP contribution in [0.5, 0.6) is 0 Å². The summed E-state index contributed by atoms with van der Waals surface area (Å²) in [5.74, 6) is 5.34. The number of amides is 1. The van der Waals surface area contributed by atoms with Gasteiger partial charge in [0.05, 0.1) is 12.3 Å². The molecule has 0 saturated carbocycles. The van der Waals surface area contributed by atoms with Gasteiger partial charge >= 0.3 is 5.97 Å². The third-order valence-corrected chi connectivity index (χ3v) is 3.13. The van der Waals surface area contributed by atoms with Crippen LogP contribution < -0.4 is 5.32 Å². The number of nitrogens with zero attached hydrogens (tertiary/aromatic N) is 1. The monoisotopic (exact) mass is 280 g/mol. The van der Waals surface area contributed by atoms with Crippen molar-refractivity contribution in [3.05, 3.63) is 15.6 Å². The summed E-state index contributed by atoms with van der Waals surface area (Å²) < 4.78 is 4.93. The predicted molar refractivity (Wildman–Crippen MR) is 73.0 cm³/mol. The van der Waals surface area contributed by atoms with Crippen molar-refractivity contribution in [1.29, 1.82) is 0 Å². The molecule has 1 amide bonds. The van der Waals surface area contributed by atoms with Gasteiger partial charge in [0.1, 0.15) is 4.88 Å². The van der Waals surface area contributed by atoms with Crippen molar-refractivity contribution in [3.8, 4) is 11.8 Å². The molecule has 0 fully saturated rings. The van der Waals surface area contributed by atoms with E-state index in [1.165, 1.54) is 18.3 Å². The van der Waals surface area contributed by atoms with Crippen LogP contribution in [-0.4, -0.2) is 30.0 Å². The molecule has 0 aliphatic heterocycles. The highest BCUT2D eigenvalue weighted by atomic mass is 32.1. The van der Waals surface area contributed by atoms with E-state index in [9.17, 15) is 9.59 Å². The summed E-state index contributed by atoms with van der Waals surface area (Å²) in [5.41, 5.74) is 0.634. The van der Waals surface area contributed by atoms with Gasteiger partial charge in [-0.15, -0.1) is 0 Å². The highest BCUT2D eigenvalue weighted by molar-refractivity contribution is 7.14. The molecule has 1 aromatic rings. The van der Waals surface area contributed by atoms with Crippen LogP contribution in [0.4, 0.5) is 0 Å². The Morgan fingerprint density at radius 2 is 2.21 bits per heavy atom. The number of rotatable bonds is 4. The van der Waals surface area contributed by atoms with E-state index in [0.717, 1.165) is 0 Å². The maximum absolute atomic E-state index is 11.6. The first-order chi connectivity index (χ1) is 9.04. The van der Waals surface area contributed by atoms with E-state index in [4.69, 9.17) is 4.74 Å². The van der Waals surface area contributed by atoms with E-state index in [1.54, 1.807) is 13.8 Å². The Bertz CT molecular complexity index is 526. The highest BCUT2D eigenvalue weighted by Gasteiger charge is 2.15. The van der Waals surface area contributed by atoms with Crippen molar-refractivity contribution >= 4 is 23.2 Å². The summed E-state index contributed by atoms with van der Waals surface area (Å²) in [5, 5.41) is 3.24. The van der Waals surface area contributed by atoms with Crippen molar-refractivity contribution in [1.82, 2.24) is 10.3 Å². The highest BCUT2D eigenvalue weighted by Crippen LogP contribution is 2.18. The molecule has 0 aliphatic rings. The van der Waals surface area contributed by atoms with Crippen LogP contribution in [0.1, 0.15) is 40.6 Å². The molecule has 1 aromatic heterocycles. The largest absolute Gasteiger partial charge is 0.462 e. The van der Waals surface area contributed by atoms with Gasteiger partial charge in [-0.1, -0.05) is 17.3 Å². The minimum atomic E-state index is -0.358. The molecule has 0 aliphatic carbocycles. The summed E-state index contributed by atoms with van der Waals surface area (Å²) >= 11 is 1.23. The molecule has 0 spiro atoms. The molecule has 1 N–H and O–H groups in total. The second kappa shape index (κ2) is 7.54. The molecule has 1 rings (SSSR count). The molecule has 19 heavy (non-hydrogen) atoms. The fourth-order valence-corrected chi connectivity index (χ4v) is 2.11. The molecule has 102 valence electrons. The number of hydrogen-bond acceptors (Lipinski definition) is 5.